The van der Waals surface area contributed by atoms with Gasteiger partial charge in [0, 0.05) is 13.1 Å². The first kappa shape index (κ1) is 17.1. The summed E-state index contributed by atoms with van der Waals surface area (Å²) in [7, 11) is 0. The highest BCUT2D eigenvalue weighted by Gasteiger charge is 2.23. The molecule has 0 saturated carbocycles. The van der Waals surface area contributed by atoms with Gasteiger partial charge in [-0.05, 0) is 33.6 Å². The van der Waals surface area contributed by atoms with Gasteiger partial charge in [0.1, 0.15) is 11.9 Å². The smallest absolute Gasteiger partial charge is 0.258 e. The van der Waals surface area contributed by atoms with Crippen LogP contribution in [0.2, 0.25) is 0 Å². The molecule has 23 heavy (non-hydrogen) atoms. The molecule has 0 aliphatic carbocycles. The predicted molar refractivity (Wildman–Crippen MR) is 87.1 cm³/mol. The molecule has 0 radical (unpaired) electrons. The summed E-state index contributed by atoms with van der Waals surface area (Å²) in [4.78, 5) is 14.0. The number of hydrogen-bond donors (Lipinski definition) is 1. The van der Waals surface area contributed by atoms with E-state index in [1.165, 1.54) is 11.0 Å². The van der Waals surface area contributed by atoms with Crippen LogP contribution in [0.5, 0.6) is 0 Å². The number of carbonyl (C=O) groups excluding carboxylic acids is 1. The van der Waals surface area contributed by atoms with Gasteiger partial charge >= 0.3 is 0 Å². The van der Waals surface area contributed by atoms with E-state index in [0.29, 0.717) is 0 Å². The van der Waals surface area contributed by atoms with Crippen molar-refractivity contribution >= 4 is 21.8 Å². The summed E-state index contributed by atoms with van der Waals surface area (Å²) >= 11 is 3.13. The molecule has 118 valence electrons. The minimum absolute atomic E-state index is 0.0659. The fourth-order valence-electron chi connectivity index (χ4n) is 2.17. The number of amides is 1. The predicted octanol–water partition coefficient (Wildman–Crippen LogP) is 3.09. The minimum atomic E-state index is -0.711. The number of carbonyl (C=O) groups is 1. The summed E-state index contributed by atoms with van der Waals surface area (Å²) in [6.45, 7) is 0.0645. The molecule has 4 nitrogen and oxygen atoms in total. The van der Waals surface area contributed by atoms with Gasteiger partial charge in [0.2, 0.25) is 0 Å². The summed E-state index contributed by atoms with van der Waals surface area (Å²) in [6, 6.07) is 13.5. The number of benzene rings is 2. The molecule has 0 fully saturated rings. The van der Waals surface area contributed by atoms with Gasteiger partial charge in [-0.15, -0.1) is 0 Å². The average molecular weight is 377 g/mol. The van der Waals surface area contributed by atoms with Gasteiger partial charge in [-0.25, -0.2) is 4.39 Å². The Morgan fingerprint density at radius 1 is 1.26 bits per heavy atom. The lowest BCUT2D eigenvalue weighted by molar-refractivity contribution is 0.0702. The van der Waals surface area contributed by atoms with Gasteiger partial charge in [0.05, 0.1) is 22.2 Å². The number of rotatable bonds is 5. The molecule has 0 unspecified atom stereocenters. The van der Waals surface area contributed by atoms with E-state index in [2.05, 4.69) is 15.9 Å². The van der Waals surface area contributed by atoms with Crippen molar-refractivity contribution in [3.05, 3.63) is 69.4 Å². The van der Waals surface area contributed by atoms with E-state index < -0.39 is 11.7 Å². The molecule has 2 rings (SSSR count). The molecule has 0 heterocycles. The molecule has 0 aliphatic rings. The molecule has 2 aromatic rings. The van der Waals surface area contributed by atoms with Crippen molar-refractivity contribution in [2.24, 2.45) is 0 Å². The fraction of sp³-hybridized carbons (Fsp3) is 0.176. The Morgan fingerprint density at radius 2 is 1.96 bits per heavy atom. The van der Waals surface area contributed by atoms with Crippen LogP contribution in [0.25, 0.3) is 0 Å². The number of nitriles is 1. The van der Waals surface area contributed by atoms with Gasteiger partial charge in [-0.3, -0.25) is 4.79 Å². The zero-order chi connectivity index (χ0) is 16.8. The van der Waals surface area contributed by atoms with Crippen LogP contribution in [0, 0.1) is 17.1 Å². The van der Waals surface area contributed by atoms with Crippen LogP contribution in [0.15, 0.2) is 46.9 Å². The van der Waals surface area contributed by atoms with Gasteiger partial charge in [-0.1, -0.05) is 30.3 Å². The Bertz CT molecular complexity index is 744. The number of halogens is 2. The molecular formula is C17H14BrFN2O2. The van der Waals surface area contributed by atoms with Crippen LogP contribution >= 0.6 is 15.9 Å². The van der Waals surface area contributed by atoms with E-state index >= 15 is 0 Å². The van der Waals surface area contributed by atoms with Gasteiger partial charge in [-0.2, -0.15) is 5.26 Å². The van der Waals surface area contributed by atoms with Crippen molar-refractivity contribution in [3.63, 3.8) is 0 Å². The first-order valence-corrected chi connectivity index (χ1v) is 7.70. The normalized spacial score (nSPS) is 10.2. The van der Waals surface area contributed by atoms with Crippen LogP contribution in [-0.4, -0.2) is 29.1 Å². The summed E-state index contributed by atoms with van der Waals surface area (Å²) in [5.41, 5.74) is 0.842. The zero-order valence-corrected chi connectivity index (χ0v) is 13.8. The monoisotopic (exact) mass is 376 g/mol. The Kier molecular flexibility index (Phi) is 5.85. The van der Waals surface area contributed by atoms with Crippen molar-refractivity contribution < 1.29 is 14.3 Å². The number of aliphatic hydroxyl groups is 1. The first-order valence-electron chi connectivity index (χ1n) is 6.90. The molecule has 6 heteroatoms. The topological polar surface area (TPSA) is 64.3 Å². The quantitative estimate of drug-likeness (QED) is 0.871. The molecule has 2 aromatic carbocycles. The van der Waals surface area contributed by atoms with Crippen LogP contribution in [0.1, 0.15) is 21.5 Å². The molecular weight excluding hydrogens is 363 g/mol. The van der Waals surface area contributed by atoms with E-state index in [1.807, 2.05) is 36.4 Å². The molecule has 0 bridgehead atoms. The summed E-state index contributed by atoms with van der Waals surface area (Å²) < 4.78 is 14.2. The van der Waals surface area contributed by atoms with E-state index in [0.717, 1.165) is 11.6 Å². The van der Waals surface area contributed by atoms with Crippen molar-refractivity contribution in [2.75, 3.05) is 13.2 Å². The lowest BCUT2D eigenvalue weighted by Crippen LogP contribution is -2.34. The molecule has 0 saturated heterocycles. The highest BCUT2D eigenvalue weighted by atomic mass is 79.9. The molecule has 0 spiro atoms. The Hall–Kier alpha value is -2.23. The average Bonchev–Trinajstić information content (AvgIpc) is 2.55. The van der Waals surface area contributed by atoms with Crippen molar-refractivity contribution in [2.45, 2.75) is 6.54 Å². The SMILES string of the molecule is N#Cc1ccc(F)c(C(=O)N(CCO)Cc2ccccc2)c1Br. The summed E-state index contributed by atoms with van der Waals surface area (Å²) in [5.74, 6) is -1.29. The fourth-order valence-corrected chi connectivity index (χ4v) is 2.75. The third-order valence-electron chi connectivity index (χ3n) is 3.30. The van der Waals surface area contributed by atoms with E-state index in [1.54, 1.807) is 0 Å². The molecule has 1 amide bonds. The first-order chi connectivity index (χ1) is 11.1. The lowest BCUT2D eigenvalue weighted by Gasteiger charge is -2.23. The number of aliphatic hydroxyl groups excluding tert-OH is 1. The van der Waals surface area contributed by atoms with E-state index in [4.69, 9.17) is 5.26 Å². The van der Waals surface area contributed by atoms with Gasteiger partial charge in [0.25, 0.3) is 5.91 Å². The molecule has 0 atom stereocenters. The summed E-state index contributed by atoms with van der Waals surface area (Å²) in [6.07, 6.45) is 0. The van der Waals surface area contributed by atoms with Crippen molar-refractivity contribution in [1.29, 1.82) is 5.26 Å². The largest absolute Gasteiger partial charge is 0.395 e. The van der Waals surface area contributed by atoms with E-state index in [9.17, 15) is 14.3 Å². The lowest BCUT2D eigenvalue weighted by atomic mass is 10.1. The van der Waals surface area contributed by atoms with Crippen LogP contribution in [0.4, 0.5) is 4.39 Å². The summed E-state index contributed by atoms with van der Waals surface area (Å²) in [5, 5.41) is 18.2. The zero-order valence-electron chi connectivity index (χ0n) is 12.2. The highest BCUT2D eigenvalue weighted by molar-refractivity contribution is 9.10. The third kappa shape index (κ3) is 3.95. The van der Waals surface area contributed by atoms with Gasteiger partial charge < -0.3 is 10.0 Å². The second-order valence-electron chi connectivity index (χ2n) is 4.83. The maximum absolute atomic E-state index is 14.1. The minimum Gasteiger partial charge on any atom is -0.395 e. The molecule has 1 N–H and O–H groups in total. The highest BCUT2D eigenvalue weighted by Crippen LogP contribution is 2.26. The molecule has 0 aromatic heterocycles. The Balaban J connectivity index is 2.37. The van der Waals surface area contributed by atoms with Crippen molar-refractivity contribution in [1.82, 2.24) is 4.90 Å². The van der Waals surface area contributed by atoms with Crippen LogP contribution in [0.3, 0.4) is 0 Å². The van der Waals surface area contributed by atoms with E-state index in [-0.39, 0.29) is 35.3 Å². The second kappa shape index (κ2) is 7.86. The number of hydrogen-bond acceptors (Lipinski definition) is 3. The number of nitrogens with zero attached hydrogens (tertiary/aromatic N) is 2. The molecule has 0 aliphatic heterocycles. The standard InChI is InChI=1S/C17H14BrFN2O2/c18-16-13(10-20)6-7-14(19)15(16)17(23)21(8-9-22)11-12-4-2-1-3-5-12/h1-7,22H,8-9,11H2. The van der Waals surface area contributed by atoms with Crippen molar-refractivity contribution in [3.8, 4) is 6.07 Å². The Morgan fingerprint density at radius 3 is 2.57 bits per heavy atom. The van der Waals surface area contributed by atoms with Crippen LogP contribution in [-0.2, 0) is 6.54 Å². The second-order valence-corrected chi connectivity index (χ2v) is 5.62. The van der Waals surface area contributed by atoms with Gasteiger partial charge in [0.15, 0.2) is 0 Å². The van der Waals surface area contributed by atoms with Crippen LogP contribution < -0.4 is 0 Å². The third-order valence-corrected chi connectivity index (χ3v) is 4.12. The maximum Gasteiger partial charge on any atom is 0.258 e. The maximum atomic E-state index is 14.1. The Labute approximate surface area is 141 Å².